The van der Waals surface area contributed by atoms with Gasteiger partial charge in [-0.2, -0.15) is 26.3 Å². The van der Waals surface area contributed by atoms with Crippen LogP contribution in [-0.4, -0.2) is 36.2 Å². The van der Waals surface area contributed by atoms with Crippen molar-refractivity contribution in [2.45, 2.75) is 25.2 Å². The van der Waals surface area contributed by atoms with E-state index >= 15 is 0 Å². The highest BCUT2D eigenvalue weighted by molar-refractivity contribution is 5.85. The number of alkyl halides is 6. The van der Waals surface area contributed by atoms with Crippen LogP contribution in [0.15, 0.2) is 24.3 Å². The number of carbonyl (C=O) groups is 1. The van der Waals surface area contributed by atoms with Crippen molar-refractivity contribution in [2.75, 3.05) is 18.8 Å². The summed E-state index contributed by atoms with van der Waals surface area (Å²) < 4.78 is 77.7. The van der Waals surface area contributed by atoms with Gasteiger partial charge in [-0.15, -0.1) is 12.4 Å². The van der Waals surface area contributed by atoms with Crippen molar-refractivity contribution < 1.29 is 31.1 Å². The first kappa shape index (κ1) is 20.4. The molecule has 1 fully saturated rings. The monoisotopic (exact) mass is 376 g/mol. The van der Waals surface area contributed by atoms with Crippen LogP contribution in [0.4, 0.5) is 32.0 Å². The minimum atomic E-state index is -5.46. The maximum atomic E-state index is 12.9. The standard InChI is InChI=1S/C14H14F6N2O.ClH/c15-13(16,17)12(14(18,19)20)5-6-22(8-12)11(23)7-9-1-3-10(21)4-2-9;/h1-4H,5-8,21H2;1H. The Bertz CT molecular complexity index is 570. The number of benzene rings is 1. The Hall–Kier alpha value is -1.64. The summed E-state index contributed by atoms with van der Waals surface area (Å²) in [6, 6.07) is 6.01. The highest BCUT2D eigenvalue weighted by Crippen LogP contribution is 2.55. The van der Waals surface area contributed by atoms with E-state index in [0.29, 0.717) is 16.2 Å². The van der Waals surface area contributed by atoms with Gasteiger partial charge in [0.15, 0.2) is 5.41 Å². The average Bonchev–Trinajstić information content (AvgIpc) is 2.87. The lowest BCUT2D eigenvalue weighted by Crippen LogP contribution is -2.52. The number of hydrogen-bond donors (Lipinski definition) is 1. The highest BCUT2D eigenvalue weighted by atomic mass is 35.5. The fourth-order valence-corrected chi connectivity index (χ4v) is 2.57. The summed E-state index contributed by atoms with van der Waals surface area (Å²) in [5, 5.41) is 0. The molecule has 1 aliphatic heterocycles. The van der Waals surface area contributed by atoms with Crippen LogP contribution in [0.2, 0.25) is 0 Å². The van der Waals surface area contributed by atoms with Crippen LogP contribution in [-0.2, 0) is 11.2 Å². The number of nitrogens with two attached hydrogens (primary N) is 1. The Balaban J connectivity index is 0.00000288. The molecule has 1 saturated heterocycles. The molecule has 0 atom stereocenters. The second-order valence-corrected chi connectivity index (χ2v) is 5.56. The van der Waals surface area contributed by atoms with E-state index in [0.717, 1.165) is 0 Å². The van der Waals surface area contributed by atoms with Gasteiger partial charge in [0.05, 0.1) is 6.42 Å². The van der Waals surface area contributed by atoms with Crippen LogP contribution >= 0.6 is 12.4 Å². The lowest BCUT2D eigenvalue weighted by Gasteiger charge is -2.33. The van der Waals surface area contributed by atoms with E-state index in [1.807, 2.05) is 0 Å². The topological polar surface area (TPSA) is 46.3 Å². The number of nitrogens with zero attached hydrogens (tertiary/aromatic N) is 1. The highest BCUT2D eigenvalue weighted by Gasteiger charge is 2.72. The van der Waals surface area contributed by atoms with Crippen molar-refractivity contribution >= 4 is 24.0 Å². The van der Waals surface area contributed by atoms with Crippen LogP contribution in [0.5, 0.6) is 0 Å². The zero-order valence-electron chi connectivity index (χ0n) is 12.2. The Morgan fingerprint density at radius 3 is 2.00 bits per heavy atom. The molecule has 2 N–H and O–H groups in total. The largest absolute Gasteiger partial charge is 0.404 e. The summed E-state index contributed by atoms with van der Waals surface area (Å²) in [7, 11) is 0. The summed E-state index contributed by atoms with van der Waals surface area (Å²) in [5.41, 5.74) is 2.53. The molecule has 0 aliphatic carbocycles. The van der Waals surface area contributed by atoms with Crippen LogP contribution in [0.25, 0.3) is 0 Å². The Labute approximate surface area is 140 Å². The van der Waals surface area contributed by atoms with Crippen LogP contribution in [0.3, 0.4) is 0 Å². The Morgan fingerprint density at radius 2 is 1.58 bits per heavy atom. The minimum absolute atomic E-state index is 0. The Kier molecular flexibility index (Phi) is 5.69. The fraction of sp³-hybridized carbons (Fsp3) is 0.500. The normalized spacial score (nSPS) is 17.5. The molecule has 136 valence electrons. The van der Waals surface area contributed by atoms with Crippen molar-refractivity contribution in [3.63, 3.8) is 0 Å². The third-order valence-electron chi connectivity index (χ3n) is 4.04. The molecule has 1 aliphatic rings. The lowest BCUT2D eigenvalue weighted by atomic mass is 9.85. The van der Waals surface area contributed by atoms with Gasteiger partial charge in [0.1, 0.15) is 0 Å². The van der Waals surface area contributed by atoms with E-state index in [-0.39, 0.29) is 18.8 Å². The van der Waals surface area contributed by atoms with E-state index in [1.165, 1.54) is 24.3 Å². The first-order valence-corrected chi connectivity index (χ1v) is 6.72. The number of carbonyl (C=O) groups excluding carboxylic acids is 1. The molecular formula is C14H15ClF6N2O. The third kappa shape index (κ3) is 3.71. The van der Waals surface area contributed by atoms with Crippen LogP contribution in [0, 0.1) is 5.41 Å². The average molecular weight is 377 g/mol. The second-order valence-electron chi connectivity index (χ2n) is 5.56. The van der Waals surface area contributed by atoms with Crippen molar-refractivity contribution in [1.29, 1.82) is 0 Å². The van der Waals surface area contributed by atoms with Gasteiger partial charge < -0.3 is 10.6 Å². The van der Waals surface area contributed by atoms with Gasteiger partial charge in [-0.05, 0) is 24.1 Å². The summed E-state index contributed by atoms with van der Waals surface area (Å²) in [5.74, 6) is -0.773. The zero-order valence-corrected chi connectivity index (χ0v) is 13.1. The molecule has 1 aromatic rings. The maximum Gasteiger partial charge on any atom is 0.404 e. The summed E-state index contributed by atoms with van der Waals surface area (Å²) in [4.78, 5) is 12.6. The second kappa shape index (κ2) is 6.70. The first-order valence-electron chi connectivity index (χ1n) is 6.72. The number of rotatable bonds is 2. The minimum Gasteiger partial charge on any atom is -0.399 e. The number of amides is 1. The molecule has 0 unspecified atom stereocenters. The Morgan fingerprint density at radius 1 is 1.08 bits per heavy atom. The summed E-state index contributed by atoms with van der Waals surface area (Å²) in [6.07, 6.45) is -12.4. The van der Waals surface area contributed by atoms with E-state index in [1.54, 1.807) is 0 Å². The van der Waals surface area contributed by atoms with Crippen molar-refractivity contribution in [3.05, 3.63) is 29.8 Å². The van der Waals surface area contributed by atoms with Gasteiger partial charge in [-0.3, -0.25) is 4.79 Å². The van der Waals surface area contributed by atoms with Crippen molar-refractivity contribution in [1.82, 2.24) is 4.90 Å². The van der Waals surface area contributed by atoms with Gasteiger partial charge in [0.2, 0.25) is 5.91 Å². The molecule has 24 heavy (non-hydrogen) atoms. The van der Waals surface area contributed by atoms with Gasteiger partial charge in [0, 0.05) is 18.8 Å². The number of likely N-dealkylation sites (tertiary alicyclic amines) is 1. The third-order valence-corrected chi connectivity index (χ3v) is 4.04. The molecule has 10 heteroatoms. The van der Waals surface area contributed by atoms with Crippen molar-refractivity contribution in [2.24, 2.45) is 5.41 Å². The van der Waals surface area contributed by atoms with Gasteiger partial charge in [-0.1, -0.05) is 12.1 Å². The smallest absolute Gasteiger partial charge is 0.399 e. The van der Waals surface area contributed by atoms with Gasteiger partial charge in [-0.25, -0.2) is 0 Å². The molecule has 3 nitrogen and oxygen atoms in total. The van der Waals surface area contributed by atoms with Gasteiger partial charge in [0.25, 0.3) is 0 Å². The number of halogens is 7. The molecular weight excluding hydrogens is 362 g/mol. The molecule has 1 amide bonds. The predicted octanol–water partition coefficient (Wildman–Crippen LogP) is 3.58. The first-order chi connectivity index (χ1) is 10.5. The number of anilines is 1. The molecule has 1 heterocycles. The SMILES string of the molecule is Cl.Nc1ccc(CC(=O)N2CCC(C(F)(F)F)(C(F)(F)F)C2)cc1. The molecule has 2 rings (SSSR count). The van der Waals surface area contributed by atoms with E-state index in [2.05, 4.69) is 0 Å². The maximum absolute atomic E-state index is 12.9. The van der Waals surface area contributed by atoms with E-state index in [4.69, 9.17) is 5.73 Å². The zero-order chi connectivity index (χ0) is 17.5. The fourth-order valence-electron chi connectivity index (χ4n) is 2.57. The molecule has 1 aromatic carbocycles. The van der Waals surface area contributed by atoms with Crippen LogP contribution in [0.1, 0.15) is 12.0 Å². The molecule has 0 saturated carbocycles. The molecule has 0 bridgehead atoms. The quantitative estimate of drug-likeness (QED) is 0.633. The number of nitrogen functional groups attached to an aromatic ring is 1. The van der Waals surface area contributed by atoms with Crippen molar-refractivity contribution in [3.8, 4) is 0 Å². The van der Waals surface area contributed by atoms with E-state index in [9.17, 15) is 31.1 Å². The summed E-state index contributed by atoms with van der Waals surface area (Å²) >= 11 is 0. The lowest BCUT2D eigenvalue weighted by molar-refractivity contribution is -0.334. The molecule has 0 aromatic heterocycles. The van der Waals surface area contributed by atoms with Gasteiger partial charge >= 0.3 is 12.4 Å². The van der Waals surface area contributed by atoms with Crippen LogP contribution < -0.4 is 5.73 Å². The molecule has 0 radical (unpaired) electrons. The number of hydrogen-bond acceptors (Lipinski definition) is 2. The summed E-state index contributed by atoms with van der Waals surface area (Å²) in [6.45, 7) is -1.97. The molecule has 0 spiro atoms. The predicted molar refractivity (Wildman–Crippen MR) is 77.5 cm³/mol. The van der Waals surface area contributed by atoms with E-state index < -0.39 is 43.2 Å².